The SMILES string of the molecule is CCCCCCCCCCCCCCCCC(Cc1ccccc1)C(N)(Cc1ccccc1)Cc1ccccc1.I. The summed E-state index contributed by atoms with van der Waals surface area (Å²) in [6, 6.07) is 32.8. The highest BCUT2D eigenvalue weighted by atomic mass is 127. The highest BCUT2D eigenvalue weighted by Gasteiger charge is 2.35. The van der Waals surface area contributed by atoms with Gasteiger partial charge in [-0.05, 0) is 48.3 Å². The molecule has 0 saturated carbocycles. The van der Waals surface area contributed by atoms with Gasteiger partial charge in [-0.3, -0.25) is 0 Å². The molecule has 1 nitrogen and oxygen atoms in total. The van der Waals surface area contributed by atoms with Crippen molar-refractivity contribution in [3.8, 4) is 0 Å². The fraction of sp³-hybridized carbons (Fsp3) is 0.538. The lowest BCUT2D eigenvalue weighted by Crippen LogP contribution is -2.52. The van der Waals surface area contributed by atoms with Gasteiger partial charge in [0.25, 0.3) is 0 Å². The minimum Gasteiger partial charge on any atom is -0.324 e. The average Bonchev–Trinajstić information content (AvgIpc) is 2.98. The van der Waals surface area contributed by atoms with E-state index < -0.39 is 0 Å². The molecule has 226 valence electrons. The summed E-state index contributed by atoms with van der Waals surface area (Å²) in [5, 5.41) is 0. The van der Waals surface area contributed by atoms with Crippen molar-refractivity contribution in [3.05, 3.63) is 108 Å². The number of hydrogen-bond acceptors (Lipinski definition) is 1. The standard InChI is InChI=1S/C39H57N.HI/c1-2-3-4-5-6-7-8-9-10-11-12-13-14-24-31-38(32-35-25-18-15-19-26-35)39(40,33-36-27-20-16-21-28-36)34-37-29-22-17-23-30-37;/h15-23,25-30,38H,2-14,24,31-34,40H2,1H3;1H. The maximum absolute atomic E-state index is 7.51. The predicted molar refractivity (Wildman–Crippen MR) is 191 cm³/mol. The number of unbranched alkanes of at least 4 members (excludes halogenated alkanes) is 13. The highest BCUT2D eigenvalue weighted by Crippen LogP contribution is 2.32. The van der Waals surface area contributed by atoms with E-state index in [1.54, 1.807) is 0 Å². The molecule has 0 aliphatic rings. The number of halogens is 1. The van der Waals surface area contributed by atoms with E-state index in [2.05, 4.69) is 97.9 Å². The van der Waals surface area contributed by atoms with Crippen LogP contribution in [-0.4, -0.2) is 5.54 Å². The van der Waals surface area contributed by atoms with E-state index in [0.717, 1.165) is 19.3 Å². The quantitative estimate of drug-likeness (QED) is 0.0838. The second kappa shape index (κ2) is 22.0. The highest BCUT2D eigenvalue weighted by molar-refractivity contribution is 14.0. The Morgan fingerprint density at radius 3 is 1.22 bits per heavy atom. The van der Waals surface area contributed by atoms with Gasteiger partial charge in [0.15, 0.2) is 0 Å². The minimum atomic E-state index is -0.283. The van der Waals surface area contributed by atoms with Crippen LogP contribution in [0.1, 0.15) is 120 Å². The molecule has 3 rings (SSSR count). The first-order valence-corrected chi connectivity index (χ1v) is 16.6. The van der Waals surface area contributed by atoms with Gasteiger partial charge in [-0.25, -0.2) is 0 Å². The first kappa shape index (κ1) is 35.5. The number of hydrogen-bond donors (Lipinski definition) is 1. The average molecular weight is 668 g/mol. The Labute approximate surface area is 270 Å². The third kappa shape index (κ3) is 14.9. The Bertz CT molecular complexity index is 946. The minimum absolute atomic E-state index is 0. The molecule has 0 aromatic heterocycles. The second-order valence-electron chi connectivity index (χ2n) is 12.3. The van der Waals surface area contributed by atoms with Gasteiger partial charge in [-0.15, -0.1) is 24.0 Å². The van der Waals surface area contributed by atoms with Crippen molar-refractivity contribution in [2.45, 2.75) is 128 Å². The van der Waals surface area contributed by atoms with E-state index in [1.807, 2.05) is 0 Å². The smallest absolute Gasteiger partial charge is 0.0267 e. The zero-order valence-electron chi connectivity index (χ0n) is 26.0. The molecule has 0 aliphatic carbocycles. The Balaban J connectivity index is 0.00000588. The monoisotopic (exact) mass is 667 g/mol. The summed E-state index contributed by atoms with van der Waals surface area (Å²) < 4.78 is 0. The molecule has 2 heteroatoms. The molecule has 0 bridgehead atoms. The van der Waals surface area contributed by atoms with Gasteiger partial charge in [0.1, 0.15) is 0 Å². The molecule has 0 spiro atoms. The Hall–Kier alpha value is -1.65. The summed E-state index contributed by atoms with van der Waals surface area (Å²) in [6.45, 7) is 2.30. The van der Waals surface area contributed by atoms with Crippen molar-refractivity contribution in [1.82, 2.24) is 0 Å². The van der Waals surface area contributed by atoms with Crippen molar-refractivity contribution in [2.24, 2.45) is 11.7 Å². The first-order valence-electron chi connectivity index (χ1n) is 16.6. The van der Waals surface area contributed by atoms with Gasteiger partial charge in [0, 0.05) is 5.54 Å². The largest absolute Gasteiger partial charge is 0.324 e. The van der Waals surface area contributed by atoms with E-state index in [0.29, 0.717) is 5.92 Å². The molecule has 0 saturated heterocycles. The van der Waals surface area contributed by atoms with Crippen LogP contribution in [0.15, 0.2) is 91.0 Å². The van der Waals surface area contributed by atoms with E-state index in [-0.39, 0.29) is 29.5 Å². The lowest BCUT2D eigenvalue weighted by molar-refractivity contribution is 0.241. The number of rotatable bonds is 22. The molecule has 0 aliphatic heterocycles. The van der Waals surface area contributed by atoms with Crippen molar-refractivity contribution >= 4 is 24.0 Å². The van der Waals surface area contributed by atoms with E-state index in [4.69, 9.17) is 5.73 Å². The first-order chi connectivity index (χ1) is 19.7. The van der Waals surface area contributed by atoms with E-state index >= 15 is 0 Å². The van der Waals surface area contributed by atoms with Crippen LogP contribution in [0, 0.1) is 5.92 Å². The normalized spacial score (nSPS) is 12.1. The zero-order chi connectivity index (χ0) is 28.1. The van der Waals surface area contributed by atoms with Gasteiger partial charge in [0.2, 0.25) is 0 Å². The van der Waals surface area contributed by atoms with E-state index in [9.17, 15) is 0 Å². The van der Waals surface area contributed by atoms with Crippen molar-refractivity contribution < 1.29 is 0 Å². The van der Waals surface area contributed by atoms with Crippen LogP contribution in [0.5, 0.6) is 0 Å². The lowest BCUT2D eigenvalue weighted by Gasteiger charge is -2.39. The molecule has 2 N–H and O–H groups in total. The van der Waals surface area contributed by atoms with Crippen LogP contribution in [0.3, 0.4) is 0 Å². The Kier molecular flexibility index (Phi) is 19.0. The lowest BCUT2D eigenvalue weighted by atomic mass is 9.71. The molecule has 1 unspecified atom stereocenters. The summed E-state index contributed by atoms with van der Waals surface area (Å²) in [7, 11) is 0. The maximum atomic E-state index is 7.51. The van der Waals surface area contributed by atoms with Gasteiger partial charge < -0.3 is 5.73 Å². The van der Waals surface area contributed by atoms with Crippen LogP contribution in [0.4, 0.5) is 0 Å². The van der Waals surface area contributed by atoms with E-state index in [1.165, 1.54) is 113 Å². The predicted octanol–water partition coefficient (Wildman–Crippen LogP) is 11.5. The molecule has 0 radical (unpaired) electrons. The molecule has 3 aromatic rings. The van der Waals surface area contributed by atoms with Crippen LogP contribution < -0.4 is 5.73 Å². The van der Waals surface area contributed by atoms with Crippen LogP contribution in [0.2, 0.25) is 0 Å². The summed E-state index contributed by atoms with van der Waals surface area (Å²) in [5.74, 6) is 0.438. The maximum Gasteiger partial charge on any atom is 0.0267 e. The molecular weight excluding hydrogens is 609 g/mol. The fourth-order valence-electron chi connectivity index (χ4n) is 6.38. The van der Waals surface area contributed by atoms with Gasteiger partial charge in [-0.2, -0.15) is 0 Å². The van der Waals surface area contributed by atoms with Crippen molar-refractivity contribution in [1.29, 1.82) is 0 Å². The molecule has 0 fully saturated rings. The van der Waals surface area contributed by atoms with Gasteiger partial charge in [-0.1, -0.05) is 188 Å². The molecule has 1 atom stereocenters. The van der Waals surface area contributed by atoms with Crippen LogP contribution in [-0.2, 0) is 19.3 Å². The Morgan fingerprint density at radius 1 is 0.488 bits per heavy atom. The summed E-state index contributed by atoms with van der Waals surface area (Å²) in [4.78, 5) is 0. The number of nitrogens with two attached hydrogens (primary N) is 1. The van der Waals surface area contributed by atoms with Crippen molar-refractivity contribution in [3.63, 3.8) is 0 Å². The van der Waals surface area contributed by atoms with Crippen molar-refractivity contribution in [2.75, 3.05) is 0 Å². The third-order valence-electron chi connectivity index (χ3n) is 8.80. The summed E-state index contributed by atoms with van der Waals surface area (Å²) in [6.07, 6.45) is 23.7. The van der Waals surface area contributed by atoms with Crippen LogP contribution in [0.25, 0.3) is 0 Å². The molecule has 41 heavy (non-hydrogen) atoms. The number of benzene rings is 3. The van der Waals surface area contributed by atoms with Gasteiger partial charge in [0.05, 0.1) is 0 Å². The summed E-state index contributed by atoms with van der Waals surface area (Å²) in [5.41, 5.74) is 11.3. The molecule has 0 heterocycles. The zero-order valence-corrected chi connectivity index (χ0v) is 28.3. The Morgan fingerprint density at radius 2 is 0.829 bits per heavy atom. The van der Waals surface area contributed by atoms with Gasteiger partial charge >= 0.3 is 0 Å². The third-order valence-corrected chi connectivity index (χ3v) is 8.80. The van der Waals surface area contributed by atoms with Crippen LogP contribution >= 0.6 is 24.0 Å². The molecule has 3 aromatic carbocycles. The fourth-order valence-corrected chi connectivity index (χ4v) is 6.38. The molecular formula is C39H58IN. The second-order valence-corrected chi connectivity index (χ2v) is 12.3. The summed E-state index contributed by atoms with van der Waals surface area (Å²) >= 11 is 0. The molecule has 0 amide bonds. The topological polar surface area (TPSA) is 26.0 Å².